The van der Waals surface area contributed by atoms with Crippen LogP contribution in [-0.4, -0.2) is 4.57 Å². The molecule has 0 radical (unpaired) electrons. The van der Waals surface area contributed by atoms with Crippen molar-refractivity contribution in [3.8, 4) is 39.1 Å². The molecule has 0 bridgehead atoms. The van der Waals surface area contributed by atoms with Gasteiger partial charge in [-0.25, -0.2) is 0 Å². The third-order valence-corrected chi connectivity index (χ3v) is 17.3. The molecule has 11 aromatic carbocycles. The van der Waals surface area contributed by atoms with E-state index in [0.717, 1.165) is 41.3 Å². The number of hydrogen-bond acceptors (Lipinski definition) is 2. The minimum absolute atomic E-state index is 0.194. The lowest BCUT2D eigenvalue weighted by Crippen LogP contribution is -2.34. The van der Waals surface area contributed by atoms with E-state index >= 15 is 0 Å². The van der Waals surface area contributed by atoms with Crippen molar-refractivity contribution in [2.75, 3.05) is 9.80 Å². The van der Waals surface area contributed by atoms with E-state index in [1.807, 2.05) is 0 Å². The van der Waals surface area contributed by atoms with E-state index in [4.69, 9.17) is 0 Å². The highest BCUT2D eigenvalue weighted by molar-refractivity contribution is 6.10. The molecule has 1 spiro atoms. The molecule has 1 aromatic heterocycles. The molecule has 3 aliphatic rings. The Morgan fingerprint density at radius 1 is 0.342 bits per heavy atom. The lowest BCUT2D eigenvalue weighted by Gasteiger charge is -2.40. The molecule has 3 nitrogen and oxygen atoms in total. The van der Waals surface area contributed by atoms with E-state index in [1.165, 1.54) is 102 Å². The molecule has 3 aliphatic carbocycles. The fraction of sp³-hybridized carbons (Fsp3) is 0.0959. The number of fused-ring (bicyclic) bond motifs is 5. The van der Waals surface area contributed by atoms with Gasteiger partial charge in [0, 0.05) is 44.6 Å². The average molecular weight is 974 g/mol. The fourth-order valence-electron chi connectivity index (χ4n) is 14.3. The maximum absolute atomic E-state index is 2.59. The van der Waals surface area contributed by atoms with Gasteiger partial charge in [-0.15, -0.1) is 0 Å². The van der Waals surface area contributed by atoms with Crippen LogP contribution < -0.4 is 9.80 Å². The highest BCUT2D eigenvalue weighted by atomic mass is 15.2. The minimum atomic E-state index is -0.194. The summed E-state index contributed by atoms with van der Waals surface area (Å²) in [6.07, 6.45) is 4.57. The Balaban J connectivity index is 0.920. The van der Waals surface area contributed by atoms with Gasteiger partial charge in [0.25, 0.3) is 0 Å². The number of rotatable bonds is 10. The van der Waals surface area contributed by atoms with Gasteiger partial charge in [0.05, 0.1) is 22.4 Å². The van der Waals surface area contributed by atoms with Crippen LogP contribution in [0.4, 0.5) is 34.1 Å². The van der Waals surface area contributed by atoms with Crippen LogP contribution in [0, 0.1) is 11.8 Å². The van der Waals surface area contributed by atoms with Gasteiger partial charge < -0.3 is 14.4 Å². The smallest absolute Gasteiger partial charge is 0.0561 e. The van der Waals surface area contributed by atoms with Gasteiger partial charge >= 0.3 is 0 Å². The Hall–Kier alpha value is -9.18. The molecular weight excluding hydrogens is 919 g/mol. The summed E-state index contributed by atoms with van der Waals surface area (Å²) in [5, 5.41) is 2.52. The van der Waals surface area contributed by atoms with E-state index < -0.39 is 0 Å². The zero-order valence-corrected chi connectivity index (χ0v) is 42.3. The van der Waals surface area contributed by atoms with Crippen molar-refractivity contribution >= 4 is 55.9 Å². The second kappa shape index (κ2) is 18.0. The molecule has 0 aliphatic heterocycles. The first kappa shape index (κ1) is 44.3. The van der Waals surface area contributed by atoms with Crippen molar-refractivity contribution in [1.82, 2.24) is 4.57 Å². The summed E-state index contributed by atoms with van der Waals surface area (Å²) in [6.45, 7) is 0. The Kier molecular flexibility index (Phi) is 10.5. The molecule has 1 heterocycles. The molecule has 3 unspecified atom stereocenters. The van der Waals surface area contributed by atoms with Crippen molar-refractivity contribution in [3.63, 3.8) is 0 Å². The van der Waals surface area contributed by atoms with Gasteiger partial charge in [-0.05, 0) is 172 Å². The molecule has 0 N–H and O–H groups in total. The Labute approximate surface area is 445 Å². The van der Waals surface area contributed by atoms with Crippen LogP contribution in [0.1, 0.15) is 35.1 Å². The van der Waals surface area contributed by atoms with Gasteiger partial charge in [-0.3, -0.25) is 0 Å². The second-order valence-electron chi connectivity index (χ2n) is 21.1. The van der Waals surface area contributed by atoms with E-state index in [1.54, 1.807) is 0 Å². The normalized spacial score (nSPS) is 17.1. The van der Waals surface area contributed by atoms with Gasteiger partial charge in [-0.1, -0.05) is 194 Å². The first-order valence-electron chi connectivity index (χ1n) is 27.1. The number of aromatic nitrogens is 1. The number of hydrogen-bond donors (Lipinski definition) is 0. The summed E-state index contributed by atoms with van der Waals surface area (Å²) < 4.78 is 2.45. The number of anilines is 6. The van der Waals surface area contributed by atoms with Gasteiger partial charge in [0.1, 0.15) is 0 Å². The predicted molar refractivity (Wildman–Crippen MR) is 317 cm³/mol. The first-order chi connectivity index (χ1) is 37.7. The third kappa shape index (κ3) is 6.89. The van der Waals surface area contributed by atoms with Gasteiger partial charge in [-0.2, -0.15) is 0 Å². The van der Waals surface area contributed by atoms with Crippen LogP contribution in [0.25, 0.3) is 60.9 Å². The monoisotopic (exact) mass is 973 g/mol. The van der Waals surface area contributed by atoms with E-state index in [2.05, 4.69) is 287 Å². The van der Waals surface area contributed by atoms with Crippen molar-refractivity contribution in [1.29, 1.82) is 0 Å². The third-order valence-electron chi connectivity index (χ3n) is 17.3. The molecule has 12 aromatic rings. The van der Waals surface area contributed by atoms with Crippen LogP contribution in [0.2, 0.25) is 0 Å². The molecule has 1 saturated carbocycles. The Bertz CT molecular complexity index is 4040. The quantitative estimate of drug-likeness (QED) is 0.135. The minimum Gasteiger partial charge on any atom is -0.310 e. The zero-order valence-electron chi connectivity index (χ0n) is 42.3. The SMILES string of the molecule is c1ccc(-c2cccc(-c3ccccc3)c2-c2ccc(N(c3ccccc3)c3cccc4c3C35c6c(cccc6N(c6ccccc6)c6ccc7c8ccccc8n(-c8ccccc8)c7c6)CC3CCC5C4)cc2)cc1. The second-order valence-corrected chi connectivity index (χ2v) is 21.1. The summed E-state index contributed by atoms with van der Waals surface area (Å²) in [5.41, 5.74) is 23.9. The number of para-hydroxylation sites is 4. The van der Waals surface area contributed by atoms with Crippen molar-refractivity contribution in [3.05, 3.63) is 295 Å². The molecule has 0 amide bonds. The largest absolute Gasteiger partial charge is 0.310 e. The van der Waals surface area contributed by atoms with Crippen LogP contribution >= 0.6 is 0 Å². The Morgan fingerprint density at radius 2 is 0.789 bits per heavy atom. The summed E-state index contributed by atoms with van der Waals surface area (Å²) in [7, 11) is 0. The molecular formula is C73H55N3. The maximum atomic E-state index is 2.59. The molecule has 15 rings (SSSR count). The fourth-order valence-corrected chi connectivity index (χ4v) is 14.3. The maximum Gasteiger partial charge on any atom is 0.0561 e. The van der Waals surface area contributed by atoms with E-state index in [0.29, 0.717) is 11.8 Å². The lowest BCUT2D eigenvalue weighted by atomic mass is 9.68. The van der Waals surface area contributed by atoms with Crippen LogP contribution in [-0.2, 0) is 18.3 Å². The number of nitrogens with zero attached hydrogens (tertiary/aromatic N) is 3. The van der Waals surface area contributed by atoms with Gasteiger partial charge in [0.2, 0.25) is 0 Å². The van der Waals surface area contributed by atoms with Crippen molar-refractivity contribution < 1.29 is 0 Å². The van der Waals surface area contributed by atoms with Crippen LogP contribution in [0.15, 0.2) is 273 Å². The lowest BCUT2D eigenvalue weighted by molar-refractivity contribution is 0.350. The van der Waals surface area contributed by atoms with Crippen LogP contribution in [0.5, 0.6) is 0 Å². The highest BCUT2D eigenvalue weighted by Crippen LogP contribution is 2.69. The highest BCUT2D eigenvalue weighted by Gasteiger charge is 2.62. The Morgan fingerprint density at radius 3 is 1.36 bits per heavy atom. The van der Waals surface area contributed by atoms with Gasteiger partial charge in [0.15, 0.2) is 0 Å². The summed E-state index contributed by atoms with van der Waals surface area (Å²) in [4.78, 5) is 5.16. The molecule has 3 heteroatoms. The molecule has 1 fully saturated rings. The standard InChI is InChI=1S/C73H55N3/c1-6-21-50(22-7-1)62-34-20-35-63(51-23-8-2-9-24-51)70(62)52-39-43-60(44-40-52)74(57-27-10-3-11-28-57)67-37-18-25-53-47-55-41-42-56-48-54-26-19-38-68(72(54)73(55,56)71(53)67)75(58-29-12-4-13-30-58)61-45-46-65-64-33-16-17-36-66(64)76(69(65)49-61)59-31-14-5-15-32-59/h1-40,43-46,49,55-56H,41-42,47-48H2. The molecule has 76 heavy (non-hydrogen) atoms. The van der Waals surface area contributed by atoms with Crippen molar-refractivity contribution in [2.24, 2.45) is 11.8 Å². The summed E-state index contributed by atoms with van der Waals surface area (Å²) in [6, 6.07) is 101. The predicted octanol–water partition coefficient (Wildman–Crippen LogP) is 19.1. The first-order valence-corrected chi connectivity index (χ1v) is 27.1. The molecule has 362 valence electrons. The zero-order chi connectivity index (χ0) is 50.2. The average Bonchev–Trinajstić information content (AvgIpc) is 4.24. The molecule has 3 atom stereocenters. The molecule has 0 saturated heterocycles. The van der Waals surface area contributed by atoms with E-state index in [9.17, 15) is 0 Å². The summed E-state index contributed by atoms with van der Waals surface area (Å²) >= 11 is 0. The summed E-state index contributed by atoms with van der Waals surface area (Å²) in [5.74, 6) is 0.949. The number of benzene rings is 11. The topological polar surface area (TPSA) is 11.4 Å². The van der Waals surface area contributed by atoms with Crippen molar-refractivity contribution in [2.45, 2.75) is 31.1 Å². The van der Waals surface area contributed by atoms with E-state index in [-0.39, 0.29) is 5.41 Å². The van der Waals surface area contributed by atoms with Crippen LogP contribution in [0.3, 0.4) is 0 Å².